The van der Waals surface area contributed by atoms with Gasteiger partial charge in [0.15, 0.2) is 17.6 Å². The fraction of sp³-hybridized carbons (Fsp3) is 0.353. The van der Waals surface area contributed by atoms with Gasteiger partial charge in [-0.05, 0) is 37.1 Å². The summed E-state index contributed by atoms with van der Waals surface area (Å²) in [6.07, 6.45) is 2.39. The van der Waals surface area contributed by atoms with E-state index in [0.29, 0.717) is 23.7 Å². The number of imide groups is 1. The number of hydrogen-bond donors (Lipinski definition) is 2. The topological polar surface area (TPSA) is 117 Å². The predicted octanol–water partition coefficient (Wildman–Crippen LogP) is 1.62. The molecule has 0 aliphatic rings. The first-order valence-electron chi connectivity index (χ1n) is 7.67. The molecule has 0 aliphatic carbocycles. The third-order valence-corrected chi connectivity index (χ3v) is 2.97. The third-order valence-electron chi connectivity index (χ3n) is 2.97. The molecule has 0 aliphatic heterocycles. The number of ether oxygens (including phenoxy) is 3. The lowest BCUT2D eigenvalue weighted by Crippen LogP contribution is -2.42. The molecule has 25 heavy (non-hydrogen) atoms. The highest BCUT2D eigenvalue weighted by Crippen LogP contribution is 2.28. The van der Waals surface area contributed by atoms with E-state index in [0.717, 1.165) is 12.5 Å². The quantitative estimate of drug-likeness (QED) is 0.543. The van der Waals surface area contributed by atoms with Crippen molar-refractivity contribution in [3.8, 4) is 11.5 Å². The molecule has 0 saturated heterocycles. The smallest absolute Gasteiger partial charge is 0.331 e. The summed E-state index contributed by atoms with van der Waals surface area (Å²) >= 11 is 0. The zero-order valence-corrected chi connectivity index (χ0v) is 14.4. The second-order valence-electron chi connectivity index (χ2n) is 5.02. The molecular formula is C17H22N2O6. The van der Waals surface area contributed by atoms with Gasteiger partial charge in [-0.25, -0.2) is 9.59 Å². The summed E-state index contributed by atoms with van der Waals surface area (Å²) in [6.45, 7) is 3.90. The number of amides is 3. The third kappa shape index (κ3) is 6.94. The van der Waals surface area contributed by atoms with Crippen LogP contribution in [0.25, 0.3) is 6.08 Å². The largest absolute Gasteiger partial charge is 0.493 e. The van der Waals surface area contributed by atoms with Gasteiger partial charge in [-0.2, -0.15) is 0 Å². The Hall–Kier alpha value is -3.03. The molecule has 0 saturated carbocycles. The van der Waals surface area contributed by atoms with Gasteiger partial charge in [0.2, 0.25) is 0 Å². The summed E-state index contributed by atoms with van der Waals surface area (Å²) in [4.78, 5) is 33.7. The molecule has 0 fully saturated rings. The summed E-state index contributed by atoms with van der Waals surface area (Å²) < 4.78 is 15.7. The van der Waals surface area contributed by atoms with E-state index in [2.05, 4.69) is 0 Å². The maximum atomic E-state index is 11.7. The minimum Gasteiger partial charge on any atom is -0.493 e. The summed E-state index contributed by atoms with van der Waals surface area (Å²) in [5, 5.41) is 1.83. The number of urea groups is 1. The van der Waals surface area contributed by atoms with Crippen LogP contribution >= 0.6 is 0 Å². The Morgan fingerprint density at radius 2 is 2.00 bits per heavy atom. The average Bonchev–Trinajstić information content (AvgIpc) is 2.57. The van der Waals surface area contributed by atoms with Crippen LogP contribution in [-0.4, -0.2) is 37.7 Å². The van der Waals surface area contributed by atoms with Crippen LogP contribution in [0.15, 0.2) is 24.3 Å². The highest BCUT2D eigenvalue weighted by atomic mass is 16.5. The van der Waals surface area contributed by atoms with Crippen molar-refractivity contribution in [1.29, 1.82) is 0 Å². The van der Waals surface area contributed by atoms with E-state index < -0.39 is 24.0 Å². The molecule has 0 spiro atoms. The van der Waals surface area contributed by atoms with Gasteiger partial charge in [0.1, 0.15) is 0 Å². The summed E-state index contributed by atoms with van der Waals surface area (Å²) in [5.41, 5.74) is 5.51. The van der Waals surface area contributed by atoms with Crippen LogP contribution in [0.4, 0.5) is 4.79 Å². The zero-order chi connectivity index (χ0) is 18.8. The zero-order valence-electron chi connectivity index (χ0n) is 14.4. The van der Waals surface area contributed by atoms with Crippen LogP contribution in [0.2, 0.25) is 0 Å². The molecule has 1 aromatic carbocycles. The molecule has 136 valence electrons. The molecular weight excluding hydrogens is 328 g/mol. The highest BCUT2D eigenvalue weighted by molar-refractivity contribution is 5.97. The lowest BCUT2D eigenvalue weighted by molar-refractivity contribution is -0.149. The molecule has 8 heteroatoms. The molecule has 3 N–H and O–H groups in total. The van der Waals surface area contributed by atoms with Gasteiger partial charge in [-0.15, -0.1) is 0 Å². The number of benzene rings is 1. The van der Waals surface area contributed by atoms with Crippen molar-refractivity contribution in [3.05, 3.63) is 29.8 Å². The number of carbonyl (C=O) groups excluding carboxylic acids is 3. The molecule has 8 nitrogen and oxygen atoms in total. The van der Waals surface area contributed by atoms with E-state index in [-0.39, 0.29) is 0 Å². The first-order chi connectivity index (χ1) is 11.9. The summed E-state index contributed by atoms with van der Waals surface area (Å²) in [5.74, 6) is -0.385. The number of methoxy groups -OCH3 is 1. The molecule has 3 amide bonds. The fourth-order valence-electron chi connectivity index (χ4n) is 1.77. The summed E-state index contributed by atoms with van der Waals surface area (Å²) in [7, 11) is 1.52. The Morgan fingerprint density at radius 1 is 1.28 bits per heavy atom. The number of nitrogens with two attached hydrogens (primary N) is 1. The Bertz CT molecular complexity index is 657. The summed E-state index contributed by atoms with van der Waals surface area (Å²) in [6, 6.07) is 4.18. The van der Waals surface area contributed by atoms with Crippen molar-refractivity contribution < 1.29 is 28.6 Å². The lowest BCUT2D eigenvalue weighted by atomic mass is 10.2. The fourth-order valence-corrected chi connectivity index (χ4v) is 1.77. The van der Waals surface area contributed by atoms with E-state index in [9.17, 15) is 14.4 Å². The van der Waals surface area contributed by atoms with Crippen molar-refractivity contribution in [2.45, 2.75) is 26.4 Å². The Morgan fingerprint density at radius 3 is 2.60 bits per heavy atom. The average molecular weight is 350 g/mol. The second-order valence-corrected chi connectivity index (χ2v) is 5.02. The van der Waals surface area contributed by atoms with Crippen molar-refractivity contribution in [2.75, 3.05) is 13.7 Å². The number of hydrogen-bond acceptors (Lipinski definition) is 6. The van der Waals surface area contributed by atoms with E-state index >= 15 is 0 Å². The van der Waals surface area contributed by atoms with Gasteiger partial charge >= 0.3 is 12.0 Å². The monoisotopic (exact) mass is 350 g/mol. The van der Waals surface area contributed by atoms with Gasteiger partial charge < -0.3 is 19.9 Å². The number of carbonyl (C=O) groups is 3. The van der Waals surface area contributed by atoms with E-state index in [4.69, 9.17) is 19.9 Å². The van der Waals surface area contributed by atoms with Crippen LogP contribution in [0.1, 0.15) is 25.8 Å². The minimum atomic E-state index is -1.15. The first kappa shape index (κ1) is 20.0. The van der Waals surface area contributed by atoms with E-state index in [1.165, 1.54) is 20.1 Å². The first-order valence-corrected chi connectivity index (χ1v) is 7.67. The van der Waals surface area contributed by atoms with Crippen LogP contribution in [0, 0.1) is 0 Å². The van der Waals surface area contributed by atoms with E-state index in [1.54, 1.807) is 18.2 Å². The Labute approximate surface area is 145 Å². The number of primary amides is 1. The van der Waals surface area contributed by atoms with Crippen LogP contribution in [0.5, 0.6) is 11.5 Å². The van der Waals surface area contributed by atoms with Crippen LogP contribution in [-0.2, 0) is 14.3 Å². The van der Waals surface area contributed by atoms with Gasteiger partial charge in [-0.3, -0.25) is 10.1 Å². The van der Waals surface area contributed by atoms with Gasteiger partial charge in [0, 0.05) is 6.08 Å². The van der Waals surface area contributed by atoms with E-state index in [1.807, 2.05) is 12.2 Å². The van der Waals surface area contributed by atoms with Gasteiger partial charge in [-0.1, -0.05) is 13.0 Å². The SMILES string of the molecule is CCCOc1ccc(/C=C/C(=O)O[C@@H](C)C(=O)NC(N)=O)cc1OC. The van der Waals surface area contributed by atoms with Gasteiger partial charge in [0.25, 0.3) is 5.91 Å². The molecule has 0 heterocycles. The molecule has 0 aromatic heterocycles. The number of esters is 1. The Kier molecular flexibility index (Phi) is 7.98. The Balaban J connectivity index is 2.69. The van der Waals surface area contributed by atoms with Gasteiger partial charge in [0.05, 0.1) is 13.7 Å². The number of nitrogens with one attached hydrogen (secondary N) is 1. The van der Waals surface area contributed by atoms with Crippen LogP contribution in [0.3, 0.4) is 0 Å². The molecule has 0 bridgehead atoms. The molecule has 0 radical (unpaired) electrons. The standard InChI is InChI=1S/C17H22N2O6/c1-4-9-24-13-7-5-12(10-14(13)23-3)6-8-15(20)25-11(2)16(21)19-17(18)22/h5-8,10-11H,4,9H2,1-3H3,(H3,18,19,21,22)/b8-6+/t11-/m0/s1. The molecule has 1 atom stereocenters. The molecule has 1 aromatic rings. The second kappa shape index (κ2) is 9.96. The van der Waals surface area contributed by atoms with Crippen molar-refractivity contribution in [2.24, 2.45) is 5.73 Å². The number of rotatable bonds is 8. The lowest BCUT2D eigenvalue weighted by Gasteiger charge is -2.11. The predicted molar refractivity (Wildman–Crippen MR) is 91.1 cm³/mol. The maximum Gasteiger partial charge on any atom is 0.331 e. The van der Waals surface area contributed by atoms with Crippen molar-refractivity contribution >= 4 is 24.0 Å². The minimum absolute atomic E-state index is 0.540. The van der Waals surface area contributed by atoms with Crippen molar-refractivity contribution in [3.63, 3.8) is 0 Å². The van der Waals surface area contributed by atoms with Crippen LogP contribution < -0.4 is 20.5 Å². The molecule has 0 unspecified atom stereocenters. The highest BCUT2D eigenvalue weighted by Gasteiger charge is 2.17. The molecule has 1 rings (SSSR count). The van der Waals surface area contributed by atoms with Crippen molar-refractivity contribution in [1.82, 2.24) is 5.32 Å². The normalized spacial score (nSPS) is 11.6. The maximum absolute atomic E-state index is 11.7.